The van der Waals surface area contributed by atoms with Gasteiger partial charge >= 0.3 is 0 Å². The SMILES string of the molecule is Cc1csc(C(=O)N(CC(C)C)CC2CCCN2)c1Cl. The molecule has 112 valence electrons. The van der Waals surface area contributed by atoms with Crippen LogP contribution in [-0.2, 0) is 0 Å². The van der Waals surface area contributed by atoms with E-state index in [-0.39, 0.29) is 5.91 Å². The standard InChI is InChI=1S/C15H23ClN2OS/c1-10(2)7-18(8-12-5-4-6-17-12)15(19)14-13(16)11(3)9-20-14/h9-10,12,17H,4-8H2,1-3H3. The summed E-state index contributed by atoms with van der Waals surface area (Å²) in [4.78, 5) is 15.4. The Morgan fingerprint density at radius 1 is 1.60 bits per heavy atom. The first kappa shape index (κ1) is 15.8. The van der Waals surface area contributed by atoms with Crippen molar-refractivity contribution in [2.24, 2.45) is 5.92 Å². The maximum Gasteiger partial charge on any atom is 0.265 e. The fraction of sp³-hybridized carbons (Fsp3) is 0.667. The van der Waals surface area contributed by atoms with Crippen molar-refractivity contribution in [2.45, 2.75) is 39.7 Å². The van der Waals surface area contributed by atoms with E-state index in [9.17, 15) is 4.79 Å². The summed E-state index contributed by atoms with van der Waals surface area (Å²) in [5, 5.41) is 6.04. The minimum Gasteiger partial charge on any atom is -0.336 e. The molecule has 0 aromatic carbocycles. The van der Waals surface area contributed by atoms with Crippen molar-refractivity contribution in [3.05, 3.63) is 20.8 Å². The molecule has 1 unspecified atom stereocenters. The largest absolute Gasteiger partial charge is 0.336 e. The molecule has 20 heavy (non-hydrogen) atoms. The molecular formula is C15H23ClN2OS. The van der Waals surface area contributed by atoms with Gasteiger partial charge < -0.3 is 10.2 Å². The van der Waals surface area contributed by atoms with Crippen molar-refractivity contribution in [3.63, 3.8) is 0 Å². The molecule has 1 saturated heterocycles. The van der Waals surface area contributed by atoms with Gasteiger partial charge in [0.2, 0.25) is 0 Å². The molecule has 0 radical (unpaired) electrons. The number of aryl methyl sites for hydroxylation is 1. The summed E-state index contributed by atoms with van der Waals surface area (Å²) in [5.41, 5.74) is 0.989. The minimum absolute atomic E-state index is 0.0792. The molecule has 0 aliphatic carbocycles. The van der Waals surface area contributed by atoms with E-state index in [1.54, 1.807) is 0 Å². The number of rotatable bonds is 5. The molecule has 5 heteroatoms. The van der Waals surface area contributed by atoms with Crippen molar-refractivity contribution < 1.29 is 4.79 Å². The summed E-state index contributed by atoms with van der Waals surface area (Å²) in [6.45, 7) is 8.86. The van der Waals surface area contributed by atoms with Crippen molar-refractivity contribution in [1.82, 2.24) is 10.2 Å². The Kier molecular flexibility index (Phi) is 5.47. The van der Waals surface area contributed by atoms with Crippen LogP contribution >= 0.6 is 22.9 Å². The predicted octanol–water partition coefficient (Wildman–Crippen LogP) is 3.56. The van der Waals surface area contributed by atoms with Crippen LogP contribution in [0.3, 0.4) is 0 Å². The van der Waals surface area contributed by atoms with E-state index in [0.29, 0.717) is 21.9 Å². The summed E-state index contributed by atoms with van der Waals surface area (Å²) in [6, 6.07) is 0.428. The Balaban J connectivity index is 2.12. The van der Waals surface area contributed by atoms with Crippen LogP contribution in [0.4, 0.5) is 0 Å². The van der Waals surface area contributed by atoms with Gasteiger partial charge in [-0.25, -0.2) is 0 Å². The predicted molar refractivity (Wildman–Crippen MR) is 85.8 cm³/mol. The highest BCUT2D eigenvalue weighted by molar-refractivity contribution is 7.13. The van der Waals surface area contributed by atoms with Gasteiger partial charge in [0.05, 0.1) is 5.02 Å². The van der Waals surface area contributed by atoms with E-state index in [0.717, 1.165) is 31.6 Å². The zero-order valence-electron chi connectivity index (χ0n) is 12.4. The highest BCUT2D eigenvalue weighted by Gasteiger charge is 2.25. The quantitative estimate of drug-likeness (QED) is 0.901. The van der Waals surface area contributed by atoms with Crippen molar-refractivity contribution >= 4 is 28.8 Å². The van der Waals surface area contributed by atoms with Gasteiger partial charge in [0.1, 0.15) is 4.88 Å². The van der Waals surface area contributed by atoms with Gasteiger partial charge in [-0.2, -0.15) is 0 Å². The topological polar surface area (TPSA) is 32.3 Å². The molecule has 0 bridgehead atoms. The molecule has 1 amide bonds. The molecule has 1 aromatic rings. The zero-order chi connectivity index (χ0) is 14.7. The molecule has 0 saturated carbocycles. The summed E-state index contributed by atoms with van der Waals surface area (Å²) in [5.74, 6) is 0.538. The molecule has 1 aromatic heterocycles. The van der Waals surface area contributed by atoms with Crippen LogP contribution in [0.1, 0.15) is 41.9 Å². The third kappa shape index (κ3) is 3.74. The summed E-state index contributed by atoms with van der Waals surface area (Å²) >= 11 is 7.70. The van der Waals surface area contributed by atoms with E-state index in [4.69, 9.17) is 11.6 Å². The lowest BCUT2D eigenvalue weighted by molar-refractivity contribution is 0.0726. The van der Waals surface area contributed by atoms with Gasteiger partial charge in [-0.1, -0.05) is 25.4 Å². The van der Waals surface area contributed by atoms with Gasteiger partial charge in [-0.3, -0.25) is 4.79 Å². The second-order valence-corrected chi connectivity index (χ2v) is 7.22. The van der Waals surface area contributed by atoms with Gasteiger partial charge in [0.15, 0.2) is 0 Å². The molecule has 1 atom stereocenters. The van der Waals surface area contributed by atoms with Gasteiger partial charge in [0.25, 0.3) is 5.91 Å². The highest BCUT2D eigenvalue weighted by atomic mass is 35.5. The van der Waals surface area contributed by atoms with Crippen LogP contribution in [-0.4, -0.2) is 36.5 Å². The van der Waals surface area contributed by atoms with Crippen LogP contribution in [0.2, 0.25) is 5.02 Å². The molecule has 2 rings (SSSR count). The Morgan fingerprint density at radius 2 is 2.35 bits per heavy atom. The second kappa shape index (κ2) is 6.92. The van der Waals surface area contributed by atoms with Crippen LogP contribution in [0, 0.1) is 12.8 Å². The maximum atomic E-state index is 12.7. The lowest BCUT2D eigenvalue weighted by atomic mass is 10.1. The summed E-state index contributed by atoms with van der Waals surface area (Å²) in [7, 11) is 0. The molecule has 2 heterocycles. The first-order valence-corrected chi connectivity index (χ1v) is 8.51. The Bertz CT molecular complexity index is 466. The average molecular weight is 315 g/mol. The monoisotopic (exact) mass is 314 g/mol. The number of nitrogens with one attached hydrogen (secondary N) is 1. The van der Waals surface area contributed by atoms with Gasteiger partial charge in [0, 0.05) is 19.1 Å². The summed E-state index contributed by atoms with van der Waals surface area (Å²) in [6.07, 6.45) is 2.35. The number of carbonyl (C=O) groups excluding carboxylic acids is 1. The summed E-state index contributed by atoms with van der Waals surface area (Å²) < 4.78 is 0. The van der Waals surface area contributed by atoms with Crippen LogP contribution in [0.25, 0.3) is 0 Å². The van der Waals surface area contributed by atoms with Gasteiger partial charge in [-0.15, -0.1) is 11.3 Å². The van der Waals surface area contributed by atoms with E-state index in [2.05, 4.69) is 19.2 Å². The number of amides is 1. The lowest BCUT2D eigenvalue weighted by Gasteiger charge is -2.27. The second-order valence-electron chi connectivity index (χ2n) is 5.96. The first-order chi connectivity index (χ1) is 9.49. The first-order valence-electron chi connectivity index (χ1n) is 7.25. The molecular weight excluding hydrogens is 292 g/mol. The number of hydrogen-bond acceptors (Lipinski definition) is 3. The third-order valence-electron chi connectivity index (χ3n) is 3.57. The smallest absolute Gasteiger partial charge is 0.265 e. The zero-order valence-corrected chi connectivity index (χ0v) is 14.0. The van der Waals surface area contributed by atoms with E-state index < -0.39 is 0 Å². The van der Waals surface area contributed by atoms with Crippen molar-refractivity contribution in [3.8, 4) is 0 Å². The number of carbonyl (C=O) groups is 1. The minimum atomic E-state index is 0.0792. The average Bonchev–Trinajstić information content (AvgIpc) is 2.99. The number of thiophene rings is 1. The van der Waals surface area contributed by atoms with E-state index in [1.807, 2.05) is 17.2 Å². The van der Waals surface area contributed by atoms with Crippen molar-refractivity contribution in [2.75, 3.05) is 19.6 Å². The maximum absolute atomic E-state index is 12.7. The molecule has 1 N–H and O–H groups in total. The van der Waals surface area contributed by atoms with Crippen LogP contribution in [0.15, 0.2) is 5.38 Å². The number of halogens is 1. The Morgan fingerprint density at radius 3 is 2.85 bits per heavy atom. The molecule has 1 fully saturated rings. The van der Waals surface area contributed by atoms with Crippen LogP contribution < -0.4 is 5.32 Å². The van der Waals surface area contributed by atoms with Crippen LogP contribution in [0.5, 0.6) is 0 Å². The molecule has 1 aliphatic rings. The molecule has 3 nitrogen and oxygen atoms in total. The van der Waals surface area contributed by atoms with E-state index >= 15 is 0 Å². The number of hydrogen-bond donors (Lipinski definition) is 1. The highest BCUT2D eigenvalue weighted by Crippen LogP contribution is 2.28. The normalized spacial score (nSPS) is 18.8. The Hall–Kier alpha value is -0.580. The fourth-order valence-electron chi connectivity index (χ4n) is 2.58. The third-order valence-corrected chi connectivity index (χ3v) is 5.25. The lowest BCUT2D eigenvalue weighted by Crippen LogP contribution is -2.42. The van der Waals surface area contributed by atoms with Crippen molar-refractivity contribution in [1.29, 1.82) is 0 Å². The number of nitrogens with zero attached hydrogens (tertiary/aromatic N) is 1. The van der Waals surface area contributed by atoms with Gasteiger partial charge in [-0.05, 0) is 43.2 Å². The molecule has 1 aliphatic heterocycles. The molecule has 0 spiro atoms. The Labute approximate surface area is 130 Å². The van der Waals surface area contributed by atoms with E-state index in [1.165, 1.54) is 17.8 Å². The fourth-order valence-corrected chi connectivity index (χ4v) is 3.82.